The van der Waals surface area contributed by atoms with Gasteiger partial charge in [0.1, 0.15) is 0 Å². The van der Waals surface area contributed by atoms with Gasteiger partial charge in [0.15, 0.2) is 5.16 Å². The summed E-state index contributed by atoms with van der Waals surface area (Å²) < 4.78 is 4.52. The Hall–Kier alpha value is -1.57. The molecule has 8 heteroatoms. The van der Waals surface area contributed by atoms with E-state index in [9.17, 15) is 9.59 Å². The van der Waals surface area contributed by atoms with E-state index in [1.807, 2.05) is 0 Å². The molecule has 0 spiro atoms. The molecule has 15 heavy (non-hydrogen) atoms. The molecule has 0 fully saturated rings. The van der Waals surface area contributed by atoms with Crippen LogP contribution >= 0.6 is 11.8 Å². The van der Waals surface area contributed by atoms with Gasteiger partial charge < -0.3 is 10.5 Å². The van der Waals surface area contributed by atoms with Crippen molar-refractivity contribution in [3.63, 3.8) is 0 Å². The van der Waals surface area contributed by atoms with E-state index < -0.39 is 11.8 Å². The summed E-state index contributed by atoms with van der Waals surface area (Å²) in [6.45, 7) is 1.82. The van der Waals surface area contributed by atoms with Gasteiger partial charge in [-0.2, -0.15) is 4.98 Å². The SMILES string of the molecule is CCOC(=O)C(=O)CSc1nc(N)n[nH]1. The number of esters is 1. The maximum atomic E-state index is 11.1. The van der Waals surface area contributed by atoms with Crippen molar-refractivity contribution in [2.45, 2.75) is 12.1 Å². The highest BCUT2D eigenvalue weighted by molar-refractivity contribution is 7.99. The number of nitrogen functional groups attached to an aromatic ring is 1. The summed E-state index contributed by atoms with van der Waals surface area (Å²) >= 11 is 1.04. The summed E-state index contributed by atoms with van der Waals surface area (Å²) in [7, 11) is 0. The molecule has 0 radical (unpaired) electrons. The highest BCUT2D eigenvalue weighted by Crippen LogP contribution is 2.12. The van der Waals surface area contributed by atoms with Crippen LogP contribution in [0.5, 0.6) is 0 Å². The Morgan fingerprint density at radius 3 is 2.87 bits per heavy atom. The fraction of sp³-hybridized carbons (Fsp3) is 0.429. The molecule has 1 heterocycles. The molecule has 0 saturated heterocycles. The number of rotatable bonds is 5. The zero-order chi connectivity index (χ0) is 11.3. The molecular formula is C7H10N4O3S. The van der Waals surface area contributed by atoms with Gasteiger partial charge in [0.05, 0.1) is 12.4 Å². The van der Waals surface area contributed by atoms with Gasteiger partial charge in [-0.15, -0.1) is 5.10 Å². The first-order valence-corrected chi connectivity index (χ1v) is 5.12. The number of ketones is 1. The maximum absolute atomic E-state index is 11.1. The van der Waals surface area contributed by atoms with E-state index in [4.69, 9.17) is 5.73 Å². The molecule has 0 amide bonds. The molecule has 0 aliphatic heterocycles. The number of Topliss-reactive ketones (excluding diaryl/α,β-unsaturated/α-hetero) is 1. The molecular weight excluding hydrogens is 220 g/mol. The average Bonchev–Trinajstić information content (AvgIpc) is 2.61. The van der Waals surface area contributed by atoms with Crippen molar-refractivity contribution in [1.29, 1.82) is 0 Å². The van der Waals surface area contributed by atoms with Crippen molar-refractivity contribution in [3.05, 3.63) is 0 Å². The summed E-state index contributed by atoms with van der Waals surface area (Å²) in [5.41, 5.74) is 5.25. The third kappa shape index (κ3) is 3.58. The van der Waals surface area contributed by atoms with Crippen LogP contribution in [-0.2, 0) is 14.3 Å². The van der Waals surface area contributed by atoms with E-state index in [1.165, 1.54) is 0 Å². The molecule has 1 rings (SSSR count). The number of carbonyl (C=O) groups excluding carboxylic acids is 2. The summed E-state index contributed by atoms with van der Waals surface area (Å²) in [5, 5.41) is 6.47. The van der Waals surface area contributed by atoms with Gasteiger partial charge in [-0.1, -0.05) is 11.8 Å². The quantitative estimate of drug-likeness (QED) is 0.402. The van der Waals surface area contributed by atoms with E-state index >= 15 is 0 Å². The Labute approximate surface area is 89.8 Å². The van der Waals surface area contributed by atoms with Crippen molar-refractivity contribution in [1.82, 2.24) is 15.2 Å². The largest absolute Gasteiger partial charge is 0.460 e. The number of hydrogen-bond acceptors (Lipinski definition) is 7. The number of ether oxygens (including phenoxy) is 1. The lowest BCUT2D eigenvalue weighted by molar-refractivity contribution is -0.152. The van der Waals surface area contributed by atoms with E-state index in [0.717, 1.165) is 11.8 Å². The second kappa shape index (κ2) is 5.35. The summed E-state index contributed by atoms with van der Waals surface area (Å²) in [5.74, 6) is -1.40. The zero-order valence-corrected chi connectivity index (χ0v) is 8.84. The minimum Gasteiger partial charge on any atom is -0.460 e. The number of nitrogens with zero attached hydrogens (tertiary/aromatic N) is 2. The predicted molar refractivity (Wildman–Crippen MR) is 53.2 cm³/mol. The fourth-order valence-corrected chi connectivity index (χ4v) is 1.38. The monoisotopic (exact) mass is 230 g/mol. The van der Waals surface area contributed by atoms with Crippen LogP contribution in [0.2, 0.25) is 0 Å². The Kier molecular flexibility index (Phi) is 4.10. The predicted octanol–water partition coefficient (Wildman–Crippen LogP) is -0.389. The molecule has 82 valence electrons. The van der Waals surface area contributed by atoms with Crippen LogP contribution < -0.4 is 5.73 Å². The minimum atomic E-state index is -0.836. The molecule has 0 atom stereocenters. The highest BCUT2D eigenvalue weighted by atomic mass is 32.2. The van der Waals surface area contributed by atoms with E-state index in [2.05, 4.69) is 19.9 Å². The van der Waals surface area contributed by atoms with Crippen molar-refractivity contribution in [2.75, 3.05) is 18.1 Å². The van der Waals surface area contributed by atoms with Gasteiger partial charge in [-0.3, -0.25) is 9.89 Å². The second-order valence-electron chi connectivity index (χ2n) is 2.43. The molecule has 7 nitrogen and oxygen atoms in total. The van der Waals surface area contributed by atoms with Crippen molar-refractivity contribution < 1.29 is 14.3 Å². The van der Waals surface area contributed by atoms with Crippen molar-refractivity contribution in [2.24, 2.45) is 0 Å². The van der Waals surface area contributed by atoms with Gasteiger partial charge in [0, 0.05) is 0 Å². The first-order chi connectivity index (χ1) is 7.13. The van der Waals surface area contributed by atoms with Gasteiger partial charge >= 0.3 is 5.97 Å². The zero-order valence-electron chi connectivity index (χ0n) is 8.02. The number of aromatic nitrogens is 3. The molecule has 0 aliphatic rings. The number of anilines is 1. The van der Waals surface area contributed by atoms with Gasteiger partial charge in [0.25, 0.3) is 0 Å². The molecule has 0 unspecified atom stereocenters. The Morgan fingerprint density at radius 1 is 1.60 bits per heavy atom. The van der Waals surface area contributed by atoms with Gasteiger partial charge in [0.2, 0.25) is 11.7 Å². The lowest BCUT2D eigenvalue weighted by Gasteiger charge is -1.98. The van der Waals surface area contributed by atoms with E-state index in [1.54, 1.807) is 6.92 Å². The van der Waals surface area contributed by atoms with Crippen LogP contribution in [0.15, 0.2) is 5.16 Å². The number of nitrogens with two attached hydrogens (primary N) is 1. The normalized spacial score (nSPS) is 9.93. The topological polar surface area (TPSA) is 111 Å². The lowest BCUT2D eigenvalue weighted by Crippen LogP contribution is -2.19. The fourth-order valence-electron chi connectivity index (χ4n) is 0.728. The van der Waals surface area contributed by atoms with Crippen LogP contribution in [0.3, 0.4) is 0 Å². The molecule has 0 aliphatic carbocycles. The third-order valence-electron chi connectivity index (χ3n) is 1.33. The molecule has 1 aromatic rings. The van der Waals surface area contributed by atoms with Gasteiger partial charge in [-0.25, -0.2) is 4.79 Å². The third-order valence-corrected chi connectivity index (χ3v) is 2.19. The van der Waals surface area contributed by atoms with Crippen molar-refractivity contribution in [3.8, 4) is 0 Å². The summed E-state index contributed by atoms with van der Waals surface area (Å²) in [6, 6.07) is 0. The van der Waals surface area contributed by atoms with Crippen LogP contribution in [0.25, 0.3) is 0 Å². The molecule has 0 saturated carbocycles. The van der Waals surface area contributed by atoms with E-state index in [-0.39, 0.29) is 18.3 Å². The van der Waals surface area contributed by atoms with Crippen LogP contribution in [0.4, 0.5) is 5.95 Å². The van der Waals surface area contributed by atoms with Gasteiger partial charge in [-0.05, 0) is 6.92 Å². The number of nitrogens with one attached hydrogen (secondary N) is 1. The summed E-state index contributed by atoms with van der Waals surface area (Å²) in [6.07, 6.45) is 0. The van der Waals surface area contributed by atoms with Crippen LogP contribution in [0.1, 0.15) is 6.92 Å². The number of hydrogen-bond donors (Lipinski definition) is 2. The number of thioether (sulfide) groups is 1. The Balaban J connectivity index is 2.37. The van der Waals surface area contributed by atoms with Crippen LogP contribution in [-0.4, -0.2) is 39.3 Å². The molecule has 1 aromatic heterocycles. The maximum Gasteiger partial charge on any atom is 0.375 e. The highest BCUT2D eigenvalue weighted by Gasteiger charge is 2.15. The second-order valence-corrected chi connectivity index (χ2v) is 3.40. The molecule has 3 N–H and O–H groups in total. The molecule has 0 bridgehead atoms. The van der Waals surface area contributed by atoms with Crippen molar-refractivity contribution >= 4 is 29.5 Å². The average molecular weight is 230 g/mol. The lowest BCUT2D eigenvalue weighted by atomic mass is 10.5. The number of aromatic amines is 1. The Morgan fingerprint density at radius 2 is 2.33 bits per heavy atom. The van der Waals surface area contributed by atoms with Crippen LogP contribution in [0, 0.1) is 0 Å². The molecule has 0 aromatic carbocycles. The smallest absolute Gasteiger partial charge is 0.375 e. The first-order valence-electron chi connectivity index (χ1n) is 4.14. The standard InChI is InChI=1S/C7H10N4O3S/c1-2-14-5(13)4(12)3-15-7-9-6(8)10-11-7/h2-3H2,1H3,(H3,8,9,10,11). The summed E-state index contributed by atoms with van der Waals surface area (Å²) in [4.78, 5) is 25.8. The number of carbonyl (C=O) groups is 2. The Bertz CT molecular complexity index is 365. The minimum absolute atomic E-state index is 0.0481. The van der Waals surface area contributed by atoms with E-state index in [0.29, 0.717) is 5.16 Å². The number of H-pyrrole nitrogens is 1. The first kappa shape index (κ1) is 11.5.